The van der Waals surface area contributed by atoms with Crippen LogP contribution in [-0.4, -0.2) is 0 Å². The molecule has 0 saturated carbocycles. The van der Waals surface area contributed by atoms with Gasteiger partial charge in [0.05, 0.1) is 0 Å². The monoisotopic (exact) mass is 529 g/mol. The average Bonchev–Trinajstić information content (AvgIpc) is 2.28. The van der Waals surface area contributed by atoms with E-state index in [9.17, 15) is 0 Å². The zero-order chi connectivity index (χ0) is 14.6. The maximum atomic E-state index is 4.94. The molecule has 0 aromatic rings. The topological polar surface area (TPSA) is 0 Å². The second kappa shape index (κ2) is 15.1. The predicted molar refractivity (Wildman–Crippen MR) is 89.1 cm³/mol. The smallest absolute Gasteiger partial charge is 0 e. The van der Waals surface area contributed by atoms with Crippen molar-refractivity contribution in [1.29, 1.82) is 0 Å². The van der Waals surface area contributed by atoms with E-state index in [1.54, 1.807) is 11.1 Å². The van der Waals surface area contributed by atoms with Crippen molar-refractivity contribution in [3.63, 3.8) is 0 Å². The third-order valence-corrected chi connectivity index (χ3v) is 3.99. The molecule has 5 heteroatoms. The van der Waals surface area contributed by atoms with E-state index in [2.05, 4.69) is 12.2 Å². The Hall–Kier alpha value is 1.60. The van der Waals surface area contributed by atoms with Crippen molar-refractivity contribution in [1.82, 2.24) is 0 Å². The fourth-order valence-electron chi connectivity index (χ4n) is 2.97. The van der Waals surface area contributed by atoms with Crippen molar-refractivity contribution in [2.45, 2.75) is 77.0 Å². The quantitative estimate of drug-likeness (QED) is 0.306. The summed E-state index contributed by atoms with van der Waals surface area (Å²) in [5.41, 5.74) is 3.42. The van der Waals surface area contributed by atoms with Crippen LogP contribution in [0.3, 0.4) is 0 Å². The largest absolute Gasteiger partial charge is 0 e. The first-order valence-corrected chi connectivity index (χ1v) is 14.1. The summed E-state index contributed by atoms with van der Waals surface area (Å²) in [6.07, 6.45) is 21.9. The van der Waals surface area contributed by atoms with E-state index >= 15 is 0 Å². The SMILES string of the molecule is C1=C(C2=CCCCCCC2)CCCCCC1.[Cl][Rh]([Cl])[Cl].[Rh]. The minimum atomic E-state index is -1.66. The summed E-state index contributed by atoms with van der Waals surface area (Å²) >= 11 is -1.66. The van der Waals surface area contributed by atoms with Gasteiger partial charge in [0.25, 0.3) is 0 Å². The zero-order valence-electron chi connectivity index (χ0n) is 12.4. The molecule has 2 rings (SSSR count). The Morgan fingerprint density at radius 1 is 0.619 bits per heavy atom. The Morgan fingerprint density at radius 3 is 1.33 bits per heavy atom. The molecule has 0 bridgehead atoms. The summed E-state index contributed by atoms with van der Waals surface area (Å²) in [5.74, 6) is 0. The molecule has 0 spiro atoms. The molecule has 21 heavy (non-hydrogen) atoms. The molecule has 0 saturated heterocycles. The second-order valence-electron chi connectivity index (χ2n) is 5.51. The normalized spacial score (nSPS) is 20.8. The van der Waals surface area contributed by atoms with E-state index in [-0.39, 0.29) is 19.5 Å². The molecule has 0 aromatic heterocycles. The van der Waals surface area contributed by atoms with Crippen LogP contribution in [0.1, 0.15) is 77.0 Å². The van der Waals surface area contributed by atoms with Crippen LogP contribution in [0.15, 0.2) is 23.3 Å². The molecule has 0 aliphatic heterocycles. The molecular formula is C16H26Cl3Rh2. The van der Waals surface area contributed by atoms with Crippen molar-refractivity contribution in [3.8, 4) is 0 Å². The number of hydrogen-bond donors (Lipinski definition) is 0. The Labute approximate surface area is 160 Å². The van der Waals surface area contributed by atoms with Crippen molar-refractivity contribution in [2.75, 3.05) is 0 Å². The van der Waals surface area contributed by atoms with Crippen molar-refractivity contribution in [2.24, 2.45) is 0 Å². The molecule has 129 valence electrons. The Bertz CT molecular complexity index is 284. The van der Waals surface area contributed by atoms with E-state index in [0.717, 1.165) is 0 Å². The molecule has 0 fully saturated rings. The molecule has 2 aliphatic carbocycles. The van der Waals surface area contributed by atoms with Gasteiger partial charge >= 0.3 is 42.1 Å². The van der Waals surface area contributed by atoms with Crippen LogP contribution in [0, 0.1) is 0 Å². The van der Waals surface area contributed by atoms with E-state index < -0.39 is 13.0 Å². The van der Waals surface area contributed by atoms with E-state index in [0.29, 0.717) is 0 Å². The molecule has 0 unspecified atom stereocenters. The second-order valence-corrected chi connectivity index (χ2v) is 13.0. The molecule has 0 nitrogen and oxygen atoms in total. The van der Waals surface area contributed by atoms with Gasteiger partial charge in [-0.3, -0.25) is 0 Å². The first-order chi connectivity index (χ1) is 9.70. The van der Waals surface area contributed by atoms with Crippen LogP contribution < -0.4 is 0 Å². The van der Waals surface area contributed by atoms with Gasteiger partial charge in [0, 0.05) is 19.5 Å². The van der Waals surface area contributed by atoms with Gasteiger partial charge in [0.2, 0.25) is 0 Å². The number of hydrogen-bond acceptors (Lipinski definition) is 0. The molecular weight excluding hydrogens is 504 g/mol. The van der Waals surface area contributed by atoms with Gasteiger partial charge in [-0.2, -0.15) is 0 Å². The molecule has 0 N–H and O–H groups in total. The van der Waals surface area contributed by atoms with Gasteiger partial charge < -0.3 is 0 Å². The first-order valence-electron chi connectivity index (χ1n) is 7.73. The van der Waals surface area contributed by atoms with Crippen LogP contribution in [0.25, 0.3) is 0 Å². The van der Waals surface area contributed by atoms with Gasteiger partial charge in [-0.25, -0.2) is 0 Å². The van der Waals surface area contributed by atoms with Gasteiger partial charge in [-0.05, 0) is 62.5 Å². The van der Waals surface area contributed by atoms with Crippen molar-refractivity contribution in [3.05, 3.63) is 23.3 Å². The van der Waals surface area contributed by atoms with E-state index in [1.165, 1.54) is 77.0 Å². The molecule has 0 amide bonds. The molecule has 0 heterocycles. The number of halogens is 3. The van der Waals surface area contributed by atoms with Crippen molar-refractivity contribution < 1.29 is 32.5 Å². The number of allylic oxidation sites excluding steroid dienone is 4. The van der Waals surface area contributed by atoms with Gasteiger partial charge in [0.1, 0.15) is 0 Å². The minimum Gasteiger partial charge on any atom is 0 e. The van der Waals surface area contributed by atoms with Gasteiger partial charge in [0.15, 0.2) is 0 Å². The molecule has 2 aliphatic rings. The molecule has 0 aromatic carbocycles. The Kier molecular flexibility index (Phi) is 16.3. The molecule has 0 atom stereocenters. The summed E-state index contributed by atoms with van der Waals surface area (Å²) in [5, 5.41) is 0. The minimum absolute atomic E-state index is 0. The average molecular weight is 531 g/mol. The Morgan fingerprint density at radius 2 is 0.952 bits per heavy atom. The van der Waals surface area contributed by atoms with Gasteiger partial charge in [-0.15, -0.1) is 0 Å². The fraction of sp³-hybridized carbons (Fsp3) is 0.750. The van der Waals surface area contributed by atoms with Gasteiger partial charge in [-0.1, -0.05) is 37.8 Å². The summed E-state index contributed by atoms with van der Waals surface area (Å²) < 4.78 is 0. The van der Waals surface area contributed by atoms with Crippen molar-refractivity contribution >= 4 is 29.1 Å². The maximum absolute atomic E-state index is 4.94. The summed E-state index contributed by atoms with van der Waals surface area (Å²) in [6, 6.07) is 0. The third kappa shape index (κ3) is 12.7. The predicted octanol–water partition coefficient (Wildman–Crippen LogP) is 7.61. The number of rotatable bonds is 1. The van der Waals surface area contributed by atoms with E-state index in [4.69, 9.17) is 29.1 Å². The maximum Gasteiger partial charge on any atom is 0 e. The Balaban J connectivity index is 0.000000715. The standard InChI is InChI=1S/C16H26.3ClH.2Rh/c1-3-7-11-15(12-8-4-1)16-13-9-5-2-6-10-14-16;;;;;/h11,13H,1-10,12,14H2;3*1H;;/q;;;;;+3/p-3. The summed E-state index contributed by atoms with van der Waals surface area (Å²) in [7, 11) is 14.8. The third-order valence-electron chi connectivity index (χ3n) is 3.99. The zero-order valence-corrected chi connectivity index (χ0v) is 18.0. The van der Waals surface area contributed by atoms with Crippen LogP contribution in [-0.2, 0) is 32.5 Å². The fourth-order valence-corrected chi connectivity index (χ4v) is 2.97. The summed E-state index contributed by atoms with van der Waals surface area (Å²) in [4.78, 5) is 0. The summed E-state index contributed by atoms with van der Waals surface area (Å²) in [6.45, 7) is 0. The van der Waals surface area contributed by atoms with Crippen LogP contribution in [0.2, 0.25) is 0 Å². The van der Waals surface area contributed by atoms with Crippen LogP contribution in [0.5, 0.6) is 0 Å². The van der Waals surface area contributed by atoms with Crippen LogP contribution >= 0.6 is 29.1 Å². The van der Waals surface area contributed by atoms with E-state index in [1.807, 2.05) is 0 Å². The first kappa shape index (κ1) is 22.6. The van der Waals surface area contributed by atoms with Crippen LogP contribution in [0.4, 0.5) is 0 Å². The molecule has 1 radical (unpaired) electrons.